The van der Waals surface area contributed by atoms with Gasteiger partial charge in [-0.3, -0.25) is 0 Å². The van der Waals surface area contributed by atoms with Crippen molar-refractivity contribution in [3.05, 3.63) is 39.1 Å². The van der Waals surface area contributed by atoms with Gasteiger partial charge in [-0.05, 0) is 58.0 Å². The number of thiophene rings is 2. The van der Waals surface area contributed by atoms with Gasteiger partial charge in [-0.1, -0.05) is 0 Å². The highest BCUT2D eigenvalue weighted by molar-refractivity contribution is 9.11. The summed E-state index contributed by atoms with van der Waals surface area (Å²) in [5.74, 6) is 0. The van der Waals surface area contributed by atoms with Crippen LogP contribution in [0.15, 0.2) is 37.8 Å². The number of nitrogens with two attached hydrogens (primary N) is 1. The molecule has 3 aromatic heterocycles. The second kappa shape index (κ2) is 5.27. The smallest absolute Gasteiger partial charge is 0.278 e. The van der Waals surface area contributed by atoms with Crippen molar-refractivity contribution in [1.82, 2.24) is 3.97 Å². The van der Waals surface area contributed by atoms with E-state index in [1.54, 1.807) is 18.3 Å². The largest absolute Gasteiger partial charge is 0.330 e. The predicted octanol–water partition coefficient (Wildman–Crippen LogP) is 3.27. The second-order valence-electron chi connectivity index (χ2n) is 4.19. The summed E-state index contributed by atoms with van der Waals surface area (Å²) in [6, 6.07) is 5.31. The minimum atomic E-state index is -3.54. The van der Waals surface area contributed by atoms with Gasteiger partial charge in [-0.25, -0.2) is 3.97 Å². The molecule has 3 rings (SSSR count). The Morgan fingerprint density at radius 3 is 2.75 bits per heavy atom. The lowest BCUT2D eigenvalue weighted by molar-refractivity contribution is 0.591. The van der Waals surface area contributed by atoms with Crippen LogP contribution in [0.1, 0.15) is 5.56 Å². The summed E-state index contributed by atoms with van der Waals surface area (Å²) in [5, 5.41) is 2.88. The van der Waals surface area contributed by atoms with E-state index < -0.39 is 10.0 Å². The molecule has 0 aliphatic rings. The fourth-order valence-corrected chi connectivity index (χ4v) is 6.68. The highest BCUT2D eigenvalue weighted by Gasteiger charge is 2.23. The van der Waals surface area contributed by atoms with E-state index in [0.717, 1.165) is 19.6 Å². The second-order valence-corrected chi connectivity index (χ2v) is 9.59. The molecule has 0 spiro atoms. The number of aromatic nitrogens is 1. The number of hydrogen-bond donors (Lipinski definition) is 1. The van der Waals surface area contributed by atoms with Crippen molar-refractivity contribution in [2.24, 2.45) is 5.73 Å². The summed E-state index contributed by atoms with van der Waals surface area (Å²) >= 11 is 5.94. The van der Waals surface area contributed by atoms with Crippen LogP contribution in [0, 0.1) is 0 Å². The van der Waals surface area contributed by atoms with Crippen molar-refractivity contribution in [3.8, 4) is 0 Å². The molecule has 0 atom stereocenters. The van der Waals surface area contributed by atoms with Crippen LogP contribution in [0.5, 0.6) is 0 Å². The lowest BCUT2D eigenvalue weighted by Crippen LogP contribution is -2.10. The Hall–Kier alpha value is -0.670. The third kappa shape index (κ3) is 2.25. The fourth-order valence-electron chi connectivity index (χ4n) is 2.05. The van der Waals surface area contributed by atoms with Crippen LogP contribution in [0.4, 0.5) is 0 Å². The van der Waals surface area contributed by atoms with Crippen LogP contribution in [0.2, 0.25) is 0 Å². The van der Waals surface area contributed by atoms with E-state index in [4.69, 9.17) is 5.73 Å². The van der Waals surface area contributed by atoms with Crippen molar-refractivity contribution in [1.29, 1.82) is 0 Å². The van der Waals surface area contributed by atoms with Crippen LogP contribution in [0.25, 0.3) is 10.2 Å². The molecule has 0 fully saturated rings. The standard InChI is InChI=1S/C12H11BrN2O2S3/c13-10-1-2-11(19-10)20(16,17)15-7-8(3-5-14)9-4-6-18-12(9)15/h1-2,4,6-7H,3,5,14H2. The molecule has 4 nitrogen and oxygen atoms in total. The van der Waals surface area contributed by atoms with Gasteiger partial charge in [0.1, 0.15) is 9.04 Å². The van der Waals surface area contributed by atoms with Gasteiger partial charge in [0.15, 0.2) is 0 Å². The fraction of sp³-hybridized carbons (Fsp3) is 0.167. The van der Waals surface area contributed by atoms with E-state index in [9.17, 15) is 8.42 Å². The zero-order valence-electron chi connectivity index (χ0n) is 10.2. The van der Waals surface area contributed by atoms with Gasteiger partial charge < -0.3 is 5.73 Å². The minimum Gasteiger partial charge on any atom is -0.330 e. The van der Waals surface area contributed by atoms with Crippen molar-refractivity contribution < 1.29 is 8.42 Å². The number of hydrogen-bond acceptors (Lipinski definition) is 5. The molecule has 0 saturated heterocycles. The Bertz CT molecular complexity index is 860. The molecule has 20 heavy (non-hydrogen) atoms. The quantitative estimate of drug-likeness (QED) is 0.743. The maximum absolute atomic E-state index is 12.7. The third-order valence-electron chi connectivity index (χ3n) is 2.94. The van der Waals surface area contributed by atoms with E-state index in [0.29, 0.717) is 17.2 Å². The van der Waals surface area contributed by atoms with Crippen LogP contribution in [-0.2, 0) is 16.4 Å². The molecule has 3 heterocycles. The molecule has 3 aromatic rings. The monoisotopic (exact) mass is 390 g/mol. The average Bonchev–Trinajstić information content (AvgIpc) is 3.06. The topological polar surface area (TPSA) is 65.1 Å². The van der Waals surface area contributed by atoms with Gasteiger partial charge in [-0.2, -0.15) is 8.42 Å². The molecule has 0 aliphatic carbocycles. The molecule has 8 heteroatoms. The Kier molecular flexibility index (Phi) is 3.76. The van der Waals surface area contributed by atoms with Crippen LogP contribution < -0.4 is 5.73 Å². The molecule has 2 N–H and O–H groups in total. The van der Waals surface area contributed by atoms with Gasteiger partial charge in [0.25, 0.3) is 10.0 Å². The molecule has 0 saturated carbocycles. The summed E-state index contributed by atoms with van der Waals surface area (Å²) in [5.41, 5.74) is 6.57. The van der Waals surface area contributed by atoms with E-state index in [-0.39, 0.29) is 0 Å². The number of fused-ring (bicyclic) bond motifs is 1. The van der Waals surface area contributed by atoms with Gasteiger partial charge in [-0.15, -0.1) is 22.7 Å². The molecule has 106 valence electrons. The maximum atomic E-state index is 12.7. The molecular formula is C12H11BrN2O2S3. The van der Waals surface area contributed by atoms with Gasteiger partial charge in [0, 0.05) is 11.6 Å². The number of halogens is 1. The van der Waals surface area contributed by atoms with Crippen molar-refractivity contribution in [2.75, 3.05) is 6.54 Å². The zero-order chi connectivity index (χ0) is 14.3. The maximum Gasteiger partial charge on any atom is 0.278 e. The molecular weight excluding hydrogens is 380 g/mol. The summed E-state index contributed by atoms with van der Waals surface area (Å²) in [6.07, 6.45) is 2.36. The Morgan fingerprint density at radius 2 is 2.10 bits per heavy atom. The van der Waals surface area contributed by atoms with E-state index in [2.05, 4.69) is 15.9 Å². The van der Waals surface area contributed by atoms with E-state index >= 15 is 0 Å². The molecule has 0 radical (unpaired) electrons. The first-order chi connectivity index (χ1) is 9.54. The minimum absolute atomic E-state index is 0.328. The molecule has 0 aromatic carbocycles. The normalized spacial score (nSPS) is 12.3. The predicted molar refractivity (Wildman–Crippen MR) is 87.2 cm³/mol. The summed E-state index contributed by atoms with van der Waals surface area (Å²) in [7, 11) is -3.54. The van der Waals surface area contributed by atoms with Crippen molar-refractivity contribution >= 4 is 58.8 Å². The summed E-state index contributed by atoms with van der Waals surface area (Å²) in [6.45, 7) is 0.500. The van der Waals surface area contributed by atoms with Crippen LogP contribution in [0.3, 0.4) is 0 Å². The van der Waals surface area contributed by atoms with Crippen LogP contribution in [-0.4, -0.2) is 18.9 Å². The molecule has 0 aliphatic heterocycles. The highest BCUT2D eigenvalue weighted by atomic mass is 79.9. The van der Waals surface area contributed by atoms with Gasteiger partial charge >= 0.3 is 0 Å². The van der Waals surface area contributed by atoms with E-state index in [1.165, 1.54) is 26.6 Å². The first-order valence-corrected chi connectivity index (χ1v) is 9.75. The SMILES string of the molecule is NCCc1cn(S(=O)(=O)c2ccc(Br)s2)c2sccc12. The van der Waals surface area contributed by atoms with Crippen molar-refractivity contribution in [3.63, 3.8) is 0 Å². The number of rotatable bonds is 4. The van der Waals surface area contributed by atoms with Crippen molar-refractivity contribution in [2.45, 2.75) is 10.6 Å². The first-order valence-electron chi connectivity index (χ1n) is 5.82. The van der Waals surface area contributed by atoms with Crippen LogP contribution >= 0.6 is 38.6 Å². The lowest BCUT2D eigenvalue weighted by atomic mass is 10.2. The average molecular weight is 391 g/mol. The molecule has 0 bridgehead atoms. The van der Waals surface area contributed by atoms with Gasteiger partial charge in [0.2, 0.25) is 0 Å². The third-order valence-corrected chi connectivity index (χ3v) is 7.72. The Morgan fingerprint density at radius 1 is 1.30 bits per heavy atom. The highest BCUT2D eigenvalue weighted by Crippen LogP contribution is 2.33. The zero-order valence-corrected chi connectivity index (χ0v) is 14.3. The first kappa shape index (κ1) is 14.3. The summed E-state index contributed by atoms with van der Waals surface area (Å²) < 4.78 is 27.9. The Balaban J connectivity index is 2.21. The van der Waals surface area contributed by atoms with E-state index in [1.807, 2.05) is 11.4 Å². The Labute approximate surface area is 133 Å². The molecule has 0 amide bonds. The number of nitrogens with zero attached hydrogens (tertiary/aromatic N) is 1. The lowest BCUT2D eigenvalue weighted by Gasteiger charge is -2.03. The summed E-state index contributed by atoms with van der Waals surface area (Å²) in [4.78, 5) is 0.748. The molecule has 0 unspecified atom stereocenters. The van der Waals surface area contributed by atoms with Gasteiger partial charge in [0.05, 0.1) is 3.79 Å².